The van der Waals surface area contributed by atoms with Crippen LogP contribution in [0.2, 0.25) is 0 Å². The normalized spacial score (nSPS) is 17.1. The van der Waals surface area contributed by atoms with Crippen LogP contribution in [0.25, 0.3) is 21.9 Å². The molecule has 3 aromatic rings. The average molecular weight is 410 g/mol. The van der Waals surface area contributed by atoms with E-state index in [1.54, 1.807) is 0 Å². The number of hydrogen-bond donors (Lipinski definition) is 2. The van der Waals surface area contributed by atoms with Crippen molar-refractivity contribution in [1.82, 2.24) is 0 Å². The lowest BCUT2D eigenvalue weighted by Gasteiger charge is -2.22. The third-order valence-corrected chi connectivity index (χ3v) is 6.08. The highest BCUT2D eigenvalue weighted by atomic mass is 16.5. The van der Waals surface area contributed by atoms with Crippen molar-refractivity contribution in [3.63, 3.8) is 0 Å². The van der Waals surface area contributed by atoms with E-state index in [-0.39, 0.29) is 50.7 Å². The number of fused-ring (bicyclic) bond motifs is 4. The highest BCUT2D eigenvalue weighted by molar-refractivity contribution is 6.00. The van der Waals surface area contributed by atoms with E-state index >= 15 is 0 Å². The second-order valence-electron chi connectivity index (χ2n) is 8.66. The number of ether oxygens (including phenoxy) is 2. The van der Waals surface area contributed by atoms with Gasteiger partial charge in [-0.1, -0.05) is 25.5 Å². The van der Waals surface area contributed by atoms with Crippen LogP contribution in [0.3, 0.4) is 0 Å². The maximum absolute atomic E-state index is 13.6. The van der Waals surface area contributed by atoms with Gasteiger partial charge in [0.05, 0.1) is 12.5 Å². The zero-order valence-corrected chi connectivity index (χ0v) is 18.0. The van der Waals surface area contributed by atoms with Crippen molar-refractivity contribution in [2.45, 2.75) is 52.6 Å². The molecule has 2 heterocycles. The summed E-state index contributed by atoms with van der Waals surface area (Å²) < 4.78 is 17.5. The van der Waals surface area contributed by atoms with E-state index in [1.807, 2.05) is 40.7 Å². The molecule has 1 aliphatic heterocycles. The van der Waals surface area contributed by atoms with Gasteiger partial charge in [0, 0.05) is 17.0 Å². The Bertz CT molecular complexity index is 1280. The number of phenols is 2. The molecule has 0 spiro atoms. The fraction of sp³-hybridized carbons (Fsp3) is 0.375. The van der Waals surface area contributed by atoms with Gasteiger partial charge < -0.3 is 24.1 Å². The van der Waals surface area contributed by atoms with Crippen LogP contribution in [0, 0.1) is 0 Å². The van der Waals surface area contributed by atoms with Gasteiger partial charge in [-0.05, 0) is 38.8 Å². The molecule has 6 nitrogen and oxygen atoms in total. The molecule has 1 atom stereocenters. The zero-order chi connectivity index (χ0) is 22.0. The van der Waals surface area contributed by atoms with E-state index in [0.29, 0.717) is 17.7 Å². The summed E-state index contributed by atoms with van der Waals surface area (Å²) in [6, 6.07) is 3.00. The van der Waals surface area contributed by atoms with Gasteiger partial charge in [0.2, 0.25) is 11.2 Å². The van der Waals surface area contributed by atoms with Gasteiger partial charge in [0.1, 0.15) is 28.6 Å². The largest absolute Gasteiger partial charge is 0.507 e. The van der Waals surface area contributed by atoms with Gasteiger partial charge in [0.15, 0.2) is 11.3 Å². The highest BCUT2D eigenvalue weighted by Gasteiger charge is 2.42. The molecule has 0 fully saturated rings. The predicted molar refractivity (Wildman–Crippen MR) is 116 cm³/mol. The smallest absolute Gasteiger partial charge is 0.204 e. The molecule has 0 radical (unpaired) electrons. The van der Waals surface area contributed by atoms with Gasteiger partial charge in [-0.15, -0.1) is 0 Å². The van der Waals surface area contributed by atoms with Gasteiger partial charge in [-0.25, -0.2) is 0 Å². The third kappa shape index (κ3) is 2.74. The van der Waals surface area contributed by atoms with Crippen molar-refractivity contribution in [3.05, 3.63) is 45.1 Å². The fourth-order valence-electron chi connectivity index (χ4n) is 4.11. The second-order valence-corrected chi connectivity index (χ2v) is 8.66. The van der Waals surface area contributed by atoms with Crippen LogP contribution in [0.4, 0.5) is 0 Å². The number of phenolic OH excluding ortho intramolecular Hbond substituents is 2. The van der Waals surface area contributed by atoms with Crippen molar-refractivity contribution < 1.29 is 24.1 Å². The number of aromatic hydroxyl groups is 2. The van der Waals surface area contributed by atoms with E-state index < -0.39 is 5.41 Å². The van der Waals surface area contributed by atoms with E-state index in [9.17, 15) is 15.0 Å². The monoisotopic (exact) mass is 410 g/mol. The molecule has 6 heteroatoms. The minimum Gasteiger partial charge on any atom is -0.507 e. The summed E-state index contributed by atoms with van der Waals surface area (Å²) in [7, 11) is 1.41. The first-order valence-corrected chi connectivity index (χ1v) is 9.93. The Hall–Kier alpha value is -3.15. The molecule has 30 heavy (non-hydrogen) atoms. The molecule has 158 valence electrons. The molecule has 0 aliphatic carbocycles. The highest BCUT2D eigenvalue weighted by Crippen LogP contribution is 2.50. The van der Waals surface area contributed by atoms with Crippen molar-refractivity contribution in [1.29, 1.82) is 0 Å². The molecule has 1 aliphatic rings. The van der Waals surface area contributed by atoms with Gasteiger partial charge in [-0.3, -0.25) is 4.79 Å². The molecule has 0 saturated carbocycles. The minimum absolute atomic E-state index is 0.0896. The van der Waals surface area contributed by atoms with Gasteiger partial charge >= 0.3 is 0 Å². The van der Waals surface area contributed by atoms with Crippen LogP contribution in [0.1, 0.15) is 45.7 Å². The van der Waals surface area contributed by atoms with Crippen LogP contribution < -0.4 is 14.9 Å². The summed E-state index contributed by atoms with van der Waals surface area (Å²) in [4.78, 5) is 13.6. The maximum Gasteiger partial charge on any atom is 0.204 e. The lowest BCUT2D eigenvalue weighted by atomic mass is 9.80. The van der Waals surface area contributed by atoms with E-state index in [0.717, 1.165) is 11.1 Å². The Morgan fingerprint density at radius 1 is 1.17 bits per heavy atom. The summed E-state index contributed by atoms with van der Waals surface area (Å²) in [5, 5.41) is 21.6. The Kier molecular flexibility index (Phi) is 4.49. The Morgan fingerprint density at radius 2 is 1.87 bits per heavy atom. The molecule has 2 aromatic carbocycles. The second kappa shape index (κ2) is 6.69. The van der Waals surface area contributed by atoms with E-state index in [4.69, 9.17) is 13.9 Å². The van der Waals surface area contributed by atoms with Crippen molar-refractivity contribution in [3.8, 4) is 23.0 Å². The molecule has 0 amide bonds. The average Bonchev–Trinajstić information content (AvgIpc) is 2.87. The molecular formula is C24H26O6. The molecule has 0 unspecified atom stereocenters. The third-order valence-electron chi connectivity index (χ3n) is 6.08. The Labute approximate surface area is 174 Å². The van der Waals surface area contributed by atoms with Gasteiger partial charge in [0.25, 0.3) is 0 Å². The van der Waals surface area contributed by atoms with Crippen molar-refractivity contribution >= 4 is 21.9 Å². The Balaban J connectivity index is 2.22. The number of allylic oxidation sites excluding steroid dienone is 2. The summed E-state index contributed by atoms with van der Waals surface area (Å²) in [6.45, 7) is 9.86. The first-order chi connectivity index (χ1) is 14.1. The first kappa shape index (κ1) is 20.1. The molecule has 0 bridgehead atoms. The standard InChI is InChI=1S/C24H26O6/c1-11(2)7-8-13-9-15(26)21(28-6)23-17(13)20(27)18-14(25)10-16-19(22(18)30-23)24(4,5)12(3)29-16/h7,9-10,12,25-26H,8H2,1-6H3/t12-/m0/s1. The van der Waals surface area contributed by atoms with Crippen molar-refractivity contribution in [2.24, 2.45) is 0 Å². The van der Waals surface area contributed by atoms with Crippen molar-refractivity contribution in [2.75, 3.05) is 7.11 Å². The SMILES string of the molecule is COc1c(O)cc(CC=C(C)C)c2c(=O)c3c(O)cc4c(c3oc12)C(C)(C)[C@H](C)O4. The topological polar surface area (TPSA) is 89.1 Å². The number of hydrogen-bond acceptors (Lipinski definition) is 6. The first-order valence-electron chi connectivity index (χ1n) is 9.93. The molecule has 2 N–H and O–H groups in total. The minimum atomic E-state index is -0.445. The summed E-state index contributed by atoms with van der Waals surface area (Å²) in [6.07, 6.45) is 2.23. The summed E-state index contributed by atoms with van der Waals surface area (Å²) in [5.74, 6) is 0.283. The maximum atomic E-state index is 13.6. The zero-order valence-electron chi connectivity index (χ0n) is 18.0. The molecular weight excluding hydrogens is 384 g/mol. The van der Waals surface area contributed by atoms with Crippen LogP contribution in [0.15, 0.2) is 33.0 Å². The lowest BCUT2D eigenvalue weighted by Crippen LogP contribution is -2.29. The van der Waals surface area contributed by atoms with Gasteiger partial charge in [-0.2, -0.15) is 0 Å². The summed E-state index contributed by atoms with van der Waals surface area (Å²) >= 11 is 0. The quantitative estimate of drug-likeness (QED) is 0.470. The number of benzene rings is 2. The van der Waals surface area contributed by atoms with E-state index in [1.165, 1.54) is 19.2 Å². The molecule has 4 rings (SSSR count). The fourth-order valence-corrected chi connectivity index (χ4v) is 4.11. The lowest BCUT2D eigenvalue weighted by molar-refractivity contribution is 0.185. The number of methoxy groups -OCH3 is 1. The van der Waals surface area contributed by atoms with Crippen LogP contribution >= 0.6 is 0 Å². The van der Waals surface area contributed by atoms with Crippen LogP contribution in [-0.2, 0) is 11.8 Å². The summed E-state index contributed by atoms with van der Waals surface area (Å²) in [5.41, 5.74) is 2.01. The van der Waals surface area contributed by atoms with Crippen LogP contribution in [0.5, 0.6) is 23.0 Å². The van der Waals surface area contributed by atoms with E-state index in [2.05, 4.69) is 0 Å². The molecule has 1 aromatic heterocycles. The number of rotatable bonds is 3. The predicted octanol–water partition coefficient (Wildman–Crippen LogP) is 4.93. The Morgan fingerprint density at radius 3 is 2.50 bits per heavy atom. The molecule has 0 saturated heterocycles. The van der Waals surface area contributed by atoms with Crippen LogP contribution in [-0.4, -0.2) is 23.4 Å².